The number of piperazine rings is 1. The summed E-state index contributed by atoms with van der Waals surface area (Å²) in [6.07, 6.45) is 6.06. The van der Waals surface area contributed by atoms with Gasteiger partial charge in [0.15, 0.2) is 0 Å². The van der Waals surface area contributed by atoms with Crippen molar-refractivity contribution in [3.8, 4) is 11.3 Å². The standard InChI is InChI=1S/C24H26FIN8/c1-3-19-23(29-14-30-24(19)33-6-7-34-18(13-33)12-31-32-34)28-11-16-9-20(25)22(27-10-16)17-4-5-21(26)15(2)8-17/h4-5,8-10,12,14,31-32H,3,6-7,11,13H2,1-2H3,(H,28,29,30). The maximum Gasteiger partial charge on any atom is 0.149 e. The maximum atomic E-state index is 14.9. The van der Waals surface area contributed by atoms with Crippen molar-refractivity contribution >= 4 is 34.2 Å². The molecule has 3 N–H and O–H groups in total. The second kappa shape index (κ2) is 9.71. The lowest BCUT2D eigenvalue weighted by atomic mass is 10.1. The van der Waals surface area contributed by atoms with Crippen LogP contribution in [0.15, 0.2) is 48.7 Å². The van der Waals surface area contributed by atoms with Gasteiger partial charge in [-0.15, -0.1) is 5.53 Å². The Balaban J connectivity index is 1.32. The number of halogens is 2. The van der Waals surface area contributed by atoms with Crippen LogP contribution >= 0.6 is 22.6 Å². The molecule has 0 radical (unpaired) electrons. The SMILES string of the molecule is CCc1c(NCc2cnc(-c3ccc(I)c(C)c3)c(F)c2)ncnc1N1CCN2NNC=C2C1. The first-order chi connectivity index (χ1) is 16.5. The quantitative estimate of drug-likeness (QED) is 0.386. The molecule has 0 spiro atoms. The molecule has 1 saturated heterocycles. The number of nitrogens with zero attached hydrogens (tertiary/aromatic N) is 5. The minimum absolute atomic E-state index is 0.330. The smallest absolute Gasteiger partial charge is 0.149 e. The number of rotatable bonds is 6. The van der Waals surface area contributed by atoms with Crippen molar-refractivity contribution in [1.82, 2.24) is 30.9 Å². The molecule has 0 atom stereocenters. The normalized spacial score (nSPS) is 15.1. The molecule has 0 unspecified atom stereocenters. The molecule has 4 heterocycles. The zero-order valence-corrected chi connectivity index (χ0v) is 21.2. The first-order valence-corrected chi connectivity index (χ1v) is 12.3. The highest BCUT2D eigenvalue weighted by atomic mass is 127. The van der Waals surface area contributed by atoms with Gasteiger partial charge in [-0.25, -0.2) is 14.4 Å². The van der Waals surface area contributed by atoms with Gasteiger partial charge >= 0.3 is 0 Å². The van der Waals surface area contributed by atoms with Gasteiger partial charge in [0.1, 0.15) is 29.5 Å². The molecule has 176 valence electrons. The van der Waals surface area contributed by atoms with Crippen molar-refractivity contribution in [2.45, 2.75) is 26.8 Å². The molecule has 1 aromatic carbocycles. The molecule has 8 nitrogen and oxygen atoms in total. The maximum absolute atomic E-state index is 14.9. The Morgan fingerprint density at radius 2 is 2.06 bits per heavy atom. The van der Waals surface area contributed by atoms with Crippen LogP contribution in [0.5, 0.6) is 0 Å². The van der Waals surface area contributed by atoms with Crippen molar-refractivity contribution < 1.29 is 4.39 Å². The molecular formula is C24H26FIN8. The molecule has 3 aromatic rings. The summed E-state index contributed by atoms with van der Waals surface area (Å²) >= 11 is 2.27. The van der Waals surface area contributed by atoms with Gasteiger partial charge in [-0.2, -0.15) is 0 Å². The lowest BCUT2D eigenvalue weighted by molar-refractivity contribution is 0.236. The highest BCUT2D eigenvalue weighted by Gasteiger charge is 2.26. The lowest BCUT2D eigenvalue weighted by Gasteiger charge is -2.35. The molecule has 2 aromatic heterocycles. The molecule has 0 saturated carbocycles. The molecule has 34 heavy (non-hydrogen) atoms. The fourth-order valence-corrected chi connectivity index (χ4v) is 4.60. The number of pyridine rings is 1. The van der Waals surface area contributed by atoms with Crippen molar-refractivity contribution in [1.29, 1.82) is 0 Å². The summed E-state index contributed by atoms with van der Waals surface area (Å²) in [4.78, 5) is 15.7. The van der Waals surface area contributed by atoms with Gasteiger partial charge in [-0.05, 0) is 65.3 Å². The molecule has 1 fully saturated rings. The minimum atomic E-state index is -0.330. The number of hydrogen-bond donors (Lipinski definition) is 3. The fraction of sp³-hybridized carbons (Fsp3) is 0.292. The number of fused-ring (bicyclic) bond motifs is 1. The van der Waals surface area contributed by atoms with Crippen LogP contribution < -0.4 is 21.2 Å². The molecule has 2 aliphatic rings. The number of nitrogens with one attached hydrogen (secondary N) is 3. The Bertz CT molecular complexity index is 1250. The number of hydrogen-bond acceptors (Lipinski definition) is 8. The predicted molar refractivity (Wildman–Crippen MR) is 139 cm³/mol. The van der Waals surface area contributed by atoms with E-state index in [1.165, 1.54) is 5.70 Å². The second-order valence-corrected chi connectivity index (χ2v) is 9.50. The van der Waals surface area contributed by atoms with E-state index in [0.717, 1.165) is 63.5 Å². The topological polar surface area (TPSA) is 81.2 Å². The van der Waals surface area contributed by atoms with Crippen LogP contribution in [0.3, 0.4) is 0 Å². The van der Waals surface area contributed by atoms with E-state index in [1.807, 2.05) is 31.3 Å². The molecule has 0 bridgehead atoms. The zero-order valence-electron chi connectivity index (χ0n) is 19.1. The summed E-state index contributed by atoms with van der Waals surface area (Å²) in [5.41, 5.74) is 11.4. The van der Waals surface area contributed by atoms with Gasteiger partial charge in [-0.3, -0.25) is 9.99 Å². The number of aryl methyl sites for hydroxylation is 1. The highest BCUT2D eigenvalue weighted by molar-refractivity contribution is 14.1. The fourth-order valence-electron chi connectivity index (χ4n) is 4.27. The van der Waals surface area contributed by atoms with Gasteiger partial charge < -0.3 is 15.6 Å². The van der Waals surface area contributed by atoms with Gasteiger partial charge in [0, 0.05) is 40.2 Å². The summed E-state index contributed by atoms with van der Waals surface area (Å²) in [5.74, 6) is 1.37. The third kappa shape index (κ3) is 4.51. The summed E-state index contributed by atoms with van der Waals surface area (Å²) < 4.78 is 16.1. The van der Waals surface area contributed by atoms with Crippen LogP contribution in [0.25, 0.3) is 11.3 Å². The highest BCUT2D eigenvalue weighted by Crippen LogP contribution is 2.28. The van der Waals surface area contributed by atoms with Crippen LogP contribution in [0.1, 0.15) is 23.6 Å². The monoisotopic (exact) mass is 572 g/mol. The van der Waals surface area contributed by atoms with Crippen LogP contribution in [-0.2, 0) is 13.0 Å². The average molecular weight is 572 g/mol. The van der Waals surface area contributed by atoms with Gasteiger partial charge in [0.2, 0.25) is 0 Å². The Morgan fingerprint density at radius 1 is 1.18 bits per heavy atom. The van der Waals surface area contributed by atoms with E-state index in [4.69, 9.17) is 0 Å². The second-order valence-electron chi connectivity index (χ2n) is 8.33. The molecule has 5 rings (SSSR count). The molecule has 10 heteroatoms. The average Bonchev–Trinajstić information content (AvgIpc) is 3.32. The molecule has 2 aliphatic heterocycles. The van der Waals surface area contributed by atoms with Gasteiger partial charge in [0.05, 0.1) is 18.8 Å². The summed E-state index contributed by atoms with van der Waals surface area (Å²) in [7, 11) is 0. The van der Waals surface area contributed by atoms with Crippen molar-refractivity contribution in [3.63, 3.8) is 0 Å². The van der Waals surface area contributed by atoms with E-state index in [2.05, 4.69) is 70.7 Å². The van der Waals surface area contributed by atoms with Gasteiger partial charge in [0.25, 0.3) is 0 Å². The lowest BCUT2D eigenvalue weighted by Crippen LogP contribution is -2.49. The zero-order chi connectivity index (χ0) is 23.7. The van der Waals surface area contributed by atoms with Crippen molar-refractivity contribution in [3.05, 3.63) is 74.8 Å². The van der Waals surface area contributed by atoms with Crippen LogP contribution in [-0.4, -0.2) is 39.6 Å². The molecular weight excluding hydrogens is 546 g/mol. The Kier molecular flexibility index (Phi) is 6.50. The third-order valence-corrected chi connectivity index (χ3v) is 7.31. The third-order valence-electron chi connectivity index (χ3n) is 6.10. The van der Waals surface area contributed by atoms with Crippen molar-refractivity contribution in [2.75, 3.05) is 29.9 Å². The van der Waals surface area contributed by atoms with E-state index >= 15 is 0 Å². The molecule has 0 aliphatic carbocycles. The Labute approximate surface area is 211 Å². The predicted octanol–water partition coefficient (Wildman–Crippen LogP) is 3.75. The Morgan fingerprint density at radius 3 is 2.85 bits per heavy atom. The van der Waals surface area contributed by atoms with Crippen molar-refractivity contribution in [2.24, 2.45) is 0 Å². The minimum Gasteiger partial charge on any atom is -0.366 e. The van der Waals surface area contributed by atoms with E-state index in [9.17, 15) is 4.39 Å². The Hall–Kier alpha value is -2.99. The summed E-state index contributed by atoms with van der Waals surface area (Å²) in [6.45, 7) is 7.00. The van der Waals surface area contributed by atoms with Crippen LogP contribution in [0, 0.1) is 16.3 Å². The van der Waals surface area contributed by atoms with E-state index in [1.54, 1.807) is 18.6 Å². The largest absolute Gasteiger partial charge is 0.366 e. The number of hydrazine groups is 2. The number of aromatic nitrogens is 3. The van der Waals surface area contributed by atoms with E-state index < -0.39 is 0 Å². The van der Waals surface area contributed by atoms with E-state index in [-0.39, 0.29) is 5.82 Å². The summed E-state index contributed by atoms with van der Waals surface area (Å²) in [5, 5.41) is 5.48. The summed E-state index contributed by atoms with van der Waals surface area (Å²) in [6, 6.07) is 7.40. The molecule has 0 amide bonds. The van der Waals surface area contributed by atoms with Crippen LogP contribution in [0.4, 0.5) is 16.0 Å². The number of anilines is 2. The first kappa shape index (κ1) is 22.8. The number of benzene rings is 1. The van der Waals surface area contributed by atoms with Crippen LogP contribution in [0.2, 0.25) is 0 Å². The van der Waals surface area contributed by atoms with Gasteiger partial charge in [-0.1, -0.05) is 13.0 Å². The van der Waals surface area contributed by atoms with E-state index in [0.29, 0.717) is 12.2 Å². The first-order valence-electron chi connectivity index (χ1n) is 11.2.